The lowest BCUT2D eigenvalue weighted by atomic mass is 10.1. The van der Waals surface area contributed by atoms with Gasteiger partial charge in [-0.3, -0.25) is 0 Å². The van der Waals surface area contributed by atoms with E-state index >= 15 is 0 Å². The Kier molecular flexibility index (Phi) is 18.3. The van der Waals surface area contributed by atoms with Crippen LogP contribution in [0.15, 0.2) is 5.16 Å². The summed E-state index contributed by atoms with van der Waals surface area (Å²) in [5.74, 6) is 0. The van der Waals surface area contributed by atoms with Gasteiger partial charge in [0.25, 0.3) is 0 Å². The van der Waals surface area contributed by atoms with Gasteiger partial charge in [-0.05, 0) is 19.8 Å². The van der Waals surface area contributed by atoms with Gasteiger partial charge in [-0.15, -0.1) is 0 Å². The molecule has 0 aromatic carbocycles. The van der Waals surface area contributed by atoms with Gasteiger partial charge in [0.2, 0.25) is 0 Å². The first kappa shape index (κ1) is 25.2. The van der Waals surface area contributed by atoms with E-state index in [4.69, 9.17) is 5.21 Å². The molecular weight excluding hydrogens is 352 g/mol. The van der Waals surface area contributed by atoms with Crippen LogP contribution in [0.5, 0.6) is 0 Å². The van der Waals surface area contributed by atoms with Gasteiger partial charge in [-0.2, -0.15) is 0 Å². The molecule has 0 amide bonds. The van der Waals surface area contributed by atoms with Gasteiger partial charge in [-0.25, -0.2) is 0 Å². The quantitative estimate of drug-likeness (QED) is 0.150. The molecule has 1 N–H and O–H groups in total. The van der Waals surface area contributed by atoms with Crippen LogP contribution in [0.4, 0.5) is 0 Å². The van der Waals surface area contributed by atoms with Gasteiger partial charge in [0.05, 0.1) is 20.6 Å². The highest BCUT2D eigenvalue weighted by Gasteiger charge is 2.15. The van der Waals surface area contributed by atoms with Crippen LogP contribution in [-0.2, 0) is 0 Å². The molecule has 0 aliphatic rings. The fraction of sp³-hybridized carbons (Fsp3) is 0.947. The molecule has 0 aromatic rings. The number of hydrogen-bond donors (Lipinski definition) is 1. The summed E-state index contributed by atoms with van der Waals surface area (Å²) in [5, 5.41) is 12.0. The first-order valence-electron chi connectivity index (χ1n) is 9.51. The summed E-state index contributed by atoms with van der Waals surface area (Å²) >= 11 is 0. The van der Waals surface area contributed by atoms with Crippen molar-refractivity contribution in [3.63, 3.8) is 0 Å². The van der Waals surface area contributed by atoms with E-state index in [1.54, 1.807) is 0 Å². The summed E-state index contributed by atoms with van der Waals surface area (Å²) in [6.07, 6.45) is 16.8. The fourth-order valence-electron chi connectivity index (χ4n) is 3.11. The Morgan fingerprint density at radius 3 is 1.57 bits per heavy atom. The predicted molar refractivity (Wildman–Crippen MR) is 97.8 cm³/mol. The Morgan fingerprint density at radius 1 is 0.783 bits per heavy atom. The van der Waals surface area contributed by atoms with E-state index in [1.165, 1.54) is 83.6 Å². The summed E-state index contributed by atoms with van der Waals surface area (Å²) < 4.78 is 0.924. The average Bonchev–Trinajstić information content (AvgIpc) is 2.47. The lowest BCUT2D eigenvalue weighted by molar-refractivity contribution is -0.881. The minimum Gasteiger partial charge on any atom is -1.00 e. The molecule has 0 unspecified atom stereocenters. The number of hydrogen-bond acceptors (Lipinski definition) is 2. The molecule has 0 bridgehead atoms. The van der Waals surface area contributed by atoms with Crippen LogP contribution in [0, 0.1) is 0 Å². The van der Waals surface area contributed by atoms with Crippen molar-refractivity contribution in [3.8, 4) is 0 Å². The molecule has 0 saturated carbocycles. The second-order valence-electron chi connectivity index (χ2n) is 7.54. The highest BCUT2D eigenvalue weighted by atomic mass is 79.9. The molecule has 0 atom stereocenters. The second-order valence-corrected chi connectivity index (χ2v) is 7.54. The summed E-state index contributed by atoms with van der Waals surface area (Å²) in [4.78, 5) is 0. The molecule has 23 heavy (non-hydrogen) atoms. The van der Waals surface area contributed by atoms with Gasteiger partial charge >= 0.3 is 0 Å². The lowest BCUT2D eigenvalue weighted by Crippen LogP contribution is -3.00. The maximum atomic E-state index is 8.75. The number of unbranched alkanes of at least 4 members (excludes halogenated alkanes) is 11. The van der Waals surface area contributed by atoms with Crippen LogP contribution in [0.25, 0.3) is 0 Å². The lowest BCUT2D eigenvalue weighted by Gasteiger charge is -2.29. The normalized spacial score (nSPS) is 12.3. The van der Waals surface area contributed by atoms with E-state index < -0.39 is 0 Å². The SMILES string of the molecule is CCCCCCCCCCCCCC[N+](C)(C)CC(C)=NO.[Br-]. The van der Waals surface area contributed by atoms with Crippen LogP contribution in [0.1, 0.15) is 90.9 Å². The fourth-order valence-corrected chi connectivity index (χ4v) is 3.11. The van der Waals surface area contributed by atoms with Crippen molar-refractivity contribution in [2.24, 2.45) is 5.16 Å². The molecule has 0 aliphatic heterocycles. The first-order chi connectivity index (χ1) is 10.5. The minimum absolute atomic E-state index is 0. The van der Waals surface area contributed by atoms with Gasteiger partial charge in [0, 0.05) is 0 Å². The smallest absolute Gasteiger partial charge is 0.120 e. The van der Waals surface area contributed by atoms with Crippen molar-refractivity contribution in [1.29, 1.82) is 0 Å². The average molecular weight is 393 g/mol. The summed E-state index contributed by atoms with van der Waals surface area (Å²) in [7, 11) is 4.43. The van der Waals surface area contributed by atoms with Crippen molar-refractivity contribution in [1.82, 2.24) is 0 Å². The van der Waals surface area contributed by atoms with Crippen molar-refractivity contribution in [3.05, 3.63) is 0 Å². The summed E-state index contributed by atoms with van der Waals surface area (Å²) in [6, 6.07) is 0. The zero-order valence-corrected chi connectivity index (χ0v) is 17.7. The molecular formula is C19H41BrN2O. The van der Waals surface area contributed by atoms with Crippen LogP contribution in [0.3, 0.4) is 0 Å². The van der Waals surface area contributed by atoms with Gasteiger partial charge in [0.15, 0.2) is 0 Å². The highest BCUT2D eigenvalue weighted by molar-refractivity contribution is 5.82. The molecule has 0 spiro atoms. The minimum atomic E-state index is 0. The second kappa shape index (κ2) is 16.8. The van der Waals surface area contributed by atoms with E-state index in [9.17, 15) is 0 Å². The van der Waals surface area contributed by atoms with Gasteiger partial charge in [0.1, 0.15) is 12.3 Å². The zero-order chi connectivity index (χ0) is 16.7. The molecule has 0 aromatic heterocycles. The number of halogens is 1. The maximum Gasteiger partial charge on any atom is 0.120 e. The maximum absolute atomic E-state index is 8.75. The Labute approximate surface area is 155 Å². The standard InChI is InChI=1S/C19H40N2O.BrH/c1-5-6-7-8-9-10-11-12-13-14-15-16-17-21(3,4)18-19(2)20-22;/h5-18H2,1-4H3;1H. The van der Waals surface area contributed by atoms with Crippen LogP contribution >= 0.6 is 0 Å². The third-order valence-electron chi connectivity index (χ3n) is 4.44. The molecule has 0 radical (unpaired) electrons. The number of oxime groups is 1. The first-order valence-corrected chi connectivity index (χ1v) is 9.51. The van der Waals surface area contributed by atoms with Crippen molar-refractivity contribution in [2.45, 2.75) is 90.9 Å². The van der Waals surface area contributed by atoms with E-state index in [0.29, 0.717) is 0 Å². The van der Waals surface area contributed by atoms with Gasteiger partial charge < -0.3 is 26.7 Å². The highest BCUT2D eigenvalue weighted by Crippen LogP contribution is 2.12. The number of rotatable bonds is 15. The van der Waals surface area contributed by atoms with Crippen LogP contribution in [0.2, 0.25) is 0 Å². The largest absolute Gasteiger partial charge is 1.00 e. The third kappa shape index (κ3) is 18.1. The van der Waals surface area contributed by atoms with Crippen LogP contribution in [-0.4, -0.2) is 42.6 Å². The summed E-state index contributed by atoms with van der Waals surface area (Å²) in [6.45, 7) is 6.18. The van der Waals surface area contributed by atoms with Crippen molar-refractivity contribution in [2.75, 3.05) is 27.2 Å². The van der Waals surface area contributed by atoms with E-state index in [0.717, 1.165) is 16.7 Å². The Morgan fingerprint density at radius 2 is 1.17 bits per heavy atom. The molecule has 4 heteroatoms. The van der Waals surface area contributed by atoms with E-state index in [1.807, 2.05) is 6.92 Å². The summed E-state index contributed by atoms with van der Waals surface area (Å²) in [5.41, 5.74) is 0.823. The molecule has 3 nitrogen and oxygen atoms in total. The third-order valence-corrected chi connectivity index (χ3v) is 4.44. The van der Waals surface area contributed by atoms with Crippen molar-refractivity contribution >= 4 is 5.71 Å². The number of nitrogens with zero attached hydrogens (tertiary/aromatic N) is 2. The molecule has 140 valence electrons. The zero-order valence-electron chi connectivity index (χ0n) is 16.1. The molecule has 0 saturated heterocycles. The predicted octanol–water partition coefficient (Wildman–Crippen LogP) is 2.62. The molecule has 0 heterocycles. The molecule has 0 rings (SSSR count). The molecule has 0 aliphatic carbocycles. The Bertz CT molecular complexity index is 281. The van der Waals surface area contributed by atoms with E-state index in [2.05, 4.69) is 26.2 Å². The Hall–Kier alpha value is -0.0900. The van der Waals surface area contributed by atoms with Crippen molar-refractivity contribution < 1.29 is 26.7 Å². The van der Waals surface area contributed by atoms with Gasteiger partial charge in [-0.1, -0.05) is 76.3 Å². The molecule has 0 fully saturated rings. The number of quaternary nitrogens is 1. The topological polar surface area (TPSA) is 32.6 Å². The monoisotopic (exact) mass is 392 g/mol. The van der Waals surface area contributed by atoms with Crippen LogP contribution < -0.4 is 17.0 Å². The van der Waals surface area contributed by atoms with E-state index in [-0.39, 0.29) is 17.0 Å². The Balaban J connectivity index is 0.